The molecular formula is C17H17N3O4S3. The molecule has 0 aliphatic rings. The molecule has 3 aromatic rings. The predicted molar refractivity (Wildman–Crippen MR) is 102 cm³/mol. The van der Waals surface area contributed by atoms with Gasteiger partial charge >= 0.3 is 0 Å². The monoisotopic (exact) mass is 423 g/mol. The number of sulfonamides is 1. The molecule has 0 fully saturated rings. The lowest BCUT2D eigenvalue weighted by Crippen LogP contribution is -2.23. The molecule has 0 amide bonds. The van der Waals surface area contributed by atoms with E-state index in [2.05, 4.69) is 14.9 Å². The molecule has 0 radical (unpaired) electrons. The van der Waals surface area contributed by atoms with Gasteiger partial charge in [-0.1, -0.05) is 47.2 Å². The summed E-state index contributed by atoms with van der Waals surface area (Å²) in [5.74, 6) is -0.278. The number of aromatic nitrogens is 2. The number of nitrogens with one attached hydrogen (secondary N) is 1. The Morgan fingerprint density at radius 2 is 1.48 bits per heavy atom. The van der Waals surface area contributed by atoms with E-state index in [-0.39, 0.29) is 22.1 Å². The van der Waals surface area contributed by atoms with Crippen LogP contribution in [0.5, 0.6) is 0 Å². The smallest absolute Gasteiger partial charge is 0.223 e. The molecule has 0 bridgehead atoms. The third-order valence-corrected chi connectivity index (χ3v) is 7.84. The summed E-state index contributed by atoms with van der Waals surface area (Å²) in [4.78, 5) is 0.367. The molecule has 0 unspecified atom stereocenters. The van der Waals surface area contributed by atoms with Crippen molar-refractivity contribution >= 4 is 31.2 Å². The number of aryl methyl sites for hydroxylation is 1. The summed E-state index contributed by atoms with van der Waals surface area (Å²) in [6, 6.07) is 14.6. The molecule has 27 heavy (non-hydrogen) atoms. The van der Waals surface area contributed by atoms with Crippen LogP contribution >= 0.6 is 11.3 Å². The van der Waals surface area contributed by atoms with Gasteiger partial charge < -0.3 is 0 Å². The van der Waals surface area contributed by atoms with Crippen LogP contribution in [0.15, 0.2) is 64.4 Å². The van der Waals surface area contributed by atoms with E-state index in [1.54, 1.807) is 30.3 Å². The van der Waals surface area contributed by atoms with Gasteiger partial charge in [0.15, 0.2) is 9.84 Å². The van der Waals surface area contributed by atoms with Gasteiger partial charge in [0.05, 0.1) is 16.3 Å². The second-order valence-corrected chi connectivity index (χ2v) is 10.7. The molecule has 1 heterocycles. The van der Waals surface area contributed by atoms with Gasteiger partial charge in [-0.15, -0.1) is 10.2 Å². The average molecular weight is 424 g/mol. The molecule has 0 aliphatic carbocycles. The first-order chi connectivity index (χ1) is 12.8. The van der Waals surface area contributed by atoms with Gasteiger partial charge in [0.2, 0.25) is 10.0 Å². The van der Waals surface area contributed by atoms with Crippen molar-refractivity contribution in [2.75, 3.05) is 0 Å². The maximum Gasteiger partial charge on any atom is 0.240 e. The fourth-order valence-corrected chi connectivity index (χ4v) is 5.73. The Bertz CT molecular complexity index is 1120. The van der Waals surface area contributed by atoms with Crippen molar-refractivity contribution < 1.29 is 16.8 Å². The molecule has 0 aliphatic heterocycles. The van der Waals surface area contributed by atoms with Crippen molar-refractivity contribution in [1.82, 2.24) is 14.9 Å². The minimum atomic E-state index is -3.67. The minimum Gasteiger partial charge on any atom is -0.223 e. The first kappa shape index (κ1) is 19.6. The normalized spacial score (nSPS) is 12.2. The van der Waals surface area contributed by atoms with Crippen molar-refractivity contribution in [3.05, 3.63) is 70.2 Å². The number of nitrogens with zero attached hydrogens (tertiary/aromatic N) is 2. The second-order valence-electron chi connectivity index (χ2n) is 5.80. The number of hydrogen-bond acceptors (Lipinski definition) is 7. The summed E-state index contributed by atoms with van der Waals surface area (Å²) in [5, 5.41) is 8.45. The standard InChI is InChI=1S/C17H17N3O4S3/c1-13-7-9-15(10-8-13)27(23,24)18-11-16-19-20-17(25-16)12-26(21,22)14-5-3-2-4-6-14/h2-10,18H,11-12H2,1H3. The minimum absolute atomic E-state index is 0.0563. The molecule has 142 valence electrons. The topological polar surface area (TPSA) is 106 Å². The van der Waals surface area contributed by atoms with Crippen molar-refractivity contribution in [2.45, 2.75) is 29.0 Å². The number of hydrogen-bond donors (Lipinski definition) is 1. The SMILES string of the molecule is Cc1ccc(S(=O)(=O)NCc2nnc(CS(=O)(=O)c3ccccc3)s2)cc1. The first-order valence-electron chi connectivity index (χ1n) is 7.92. The maximum atomic E-state index is 12.4. The molecule has 2 aromatic carbocycles. The third-order valence-electron chi connectivity index (χ3n) is 3.67. The summed E-state index contributed by atoms with van der Waals surface area (Å²) in [6.45, 7) is 1.81. The Kier molecular flexibility index (Phi) is 5.70. The molecule has 1 aromatic heterocycles. The fourth-order valence-electron chi connectivity index (χ4n) is 2.25. The molecule has 1 N–H and O–H groups in total. The molecule has 7 nitrogen and oxygen atoms in total. The van der Waals surface area contributed by atoms with Crippen molar-refractivity contribution in [3.8, 4) is 0 Å². The molecular weight excluding hydrogens is 406 g/mol. The van der Waals surface area contributed by atoms with Crippen LogP contribution in [0.4, 0.5) is 0 Å². The summed E-state index contributed by atoms with van der Waals surface area (Å²) in [7, 11) is -7.19. The van der Waals surface area contributed by atoms with E-state index in [1.165, 1.54) is 24.3 Å². The van der Waals surface area contributed by atoms with Crippen LogP contribution < -0.4 is 4.72 Å². The summed E-state index contributed by atoms with van der Waals surface area (Å²) >= 11 is 1.06. The maximum absolute atomic E-state index is 12.4. The zero-order valence-electron chi connectivity index (χ0n) is 14.4. The van der Waals surface area contributed by atoms with E-state index >= 15 is 0 Å². The van der Waals surface area contributed by atoms with E-state index in [4.69, 9.17) is 0 Å². The van der Waals surface area contributed by atoms with E-state index in [0.29, 0.717) is 10.0 Å². The zero-order chi connectivity index (χ0) is 19.5. The van der Waals surface area contributed by atoms with Crippen LogP contribution in [0.25, 0.3) is 0 Å². The van der Waals surface area contributed by atoms with Crippen LogP contribution in [0.2, 0.25) is 0 Å². The first-order valence-corrected chi connectivity index (χ1v) is 11.9. The second kappa shape index (κ2) is 7.85. The largest absolute Gasteiger partial charge is 0.240 e. The van der Waals surface area contributed by atoms with Gasteiger partial charge in [0.25, 0.3) is 0 Å². The van der Waals surface area contributed by atoms with Crippen LogP contribution in [0, 0.1) is 6.92 Å². The zero-order valence-corrected chi connectivity index (χ0v) is 16.8. The van der Waals surface area contributed by atoms with Crippen LogP contribution in [-0.2, 0) is 32.2 Å². The fraction of sp³-hybridized carbons (Fsp3) is 0.176. The van der Waals surface area contributed by atoms with E-state index in [9.17, 15) is 16.8 Å². The lowest BCUT2D eigenvalue weighted by Gasteiger charge is -2.05. The Hall–Kier alpha value is -2.14. The average Bonchev–Trinajstić information content (AvgIpc) is 3.08. The molecule has 0 saturated heterocycles. The van der Waals surface area contributed by atoms with Crippen LogP contribution in [-0.4, -0.2) is 27.0 Å². The lowest BCUT2D eigenvalue weighted by atomic mass is 10.2. The Labute approximate surface area is 162 Å². The highest BCUT2D eigenvalue weighted by Crippen LogP contribution is 2.19. The van der Waals surface area contributed by atoms with E-state index in [1.807, 2.05) is 6.92 Å². The van der Waals surface area contributed by atoms with E-state index < -0.39 is 19.9 Å². The van der Waals surface area contributed by atoms with Crippen LogP contribution in [0.3, 0.4) is 0 Å². The van der Waals surface area contributed by atoms with Gasteiger partial charge in [-0.05, 0) is 31.2 Å². The van der Waals surface area contributed by atoms with Gasteiger partial charge in [-0.25, -0.2) is 21.6 Å². The van der Waals surface area contributed by atoms with Crippen LogP contribution in [0.1, 0.15) is 15.6 Å². The van der Waals surface area contributed by atoms with Gasteiger partial charge in [-0.3, -0.25) is 0 Å². The lowest BCUT2D eigenvalue weighted by molar-refractivity contribution is 0.580. The highest BCUT2D eigenvalue weighted by molar-refractivity contribution is 7.90. The highest BCUT2D eigenvalue weighted by Gasteiger charge is 2.19. The van der Waals surface area contributed by atoms with Gasteiger partial charge in [0.1, 0.15) is 15.8 Å². The Morgan fingerprint density at radius 1 is 0.852 bits per heavy atom. The summed E-state index contributed by atoms with van der Waals surface area (Å²) in [6.07, 6.45) is 0. The third kappa shape index (κ3) is 4.98. The highest BCUT2D eigenvalue weighted by atomic mass is 32.2. The van der Waals surface area contributed by atoms with Gasteiger partial charge in [-0.2, -0.15) is 0 Å². The van der Waals surface area contributed by atoms with Crippen molar-refractivity contribution in [1.29, 1.82) is 0 Å². The summed E-state index contributed by atoms with van der Waals surface area (Å²) < 4.78 is 51.8. The molecule has 0 saturated carbocycles. The number of sulfone groups is 1. The predicted octanol–water partition coefficient (Wildman–Crippen LogP) is 2.30. The van der Waals surface area contributed by atoms with Crippen molar-refractivity contribution in [2.24, 2.45) is 0 Å². The number of benzene rings is 2. The number of rotatable bonds is 7. The molecule has 0 spiro atoms. The summed E-state index contributed by atoms with van der Waals surface area (Å²) in [5.41, 5.74) is 0.961. The van der Waals surface area contributed by atoms with E-state index in [0.717, 1.165) is 16.9 Å². The molecule has 10 heteroatoms. The van der Waals surface area contributed by atoms with Crippen molar-refractivity contribution in [3.63, 3.8) is 0 Å². The van der Waals surface area contributed by atoms with Gasteiger partial charge in [0, 0.05) is 0 Å². The quantitative estimate of drug-likeness (QED) is 0.625. The Morgan fingerprint density at radius 3 is 2.15 bits per heavy atom. The molecule has 3 rings (SSSR count). The Balaban J connectivity index is 1.67. The molecule has 0 atom stereocenters.